The third-order valence-corrected chi connectivity index (χ3v) is 4.67. The van der Waals surface area contributed by atoms with E-state index >= 15 is 0 Å². The lowest BCUT2D eigenvalue weighted by Crippen LogP contribution is -2.21. The summed E-state index contributed by atoms with van der Waals surface area (Å²) in [6.07, 6.45) is -5.08. The summed E-state index contributed by atoms with van der Waals surface area (Å²) in [5.74, 6) is -2.88. The van der Waals surface area contributed by atoms with Gasteiger partial charge in [-0.2, -0.15) is 13.2 Å². The van der Waals surface area contributed by atoms with E-state index in [2.05, 4.69) is 22.4 Å². The molecule has 3 rings (SSSR count). The monoisotopic (exact) mass is 425 g/mol. The summed E-state index contributed by atoms with van der Waals surface area (Å²) >= 11 is 1.38. The molecular weight excluding hydrogens is 407 g/mol. The SMILES string of the molecule is Cc1cc(C)c(NC(=O)c2ccc3nc(N)sc3c2)c(C)c1.O=C(O)C(F)(F)F. The molecule has 1 aromatic heterocycles. The maximum atomic E-state index is 12.5. The second-order valence-electron chi connectivity index (χ2n) is 6.27. The number of carboxylic acids is 1. The lowest BCUT2D eigenvalue weighted by Gasteiger charge is -2.12. The van der Waals surface area contributed by atoms with Crippen molar-refractivity contribution in [1.82, 2.24) is 4.98 Å². The zero-order valence-corrected chi connectivity index (χ0v) is 16.5. The summed E-state index contributed by atoms with van der Waals surface area (Å²) in [7, 11) is 0. The molecule has 0 aliphatic carbocycles. The Kier molecular flexibility index (Phi) is 6.48. The molecule has 0 aliphatic heterocycles. The van der Waals surface area contributed by atoms with E-state index in [4.69, 9.17) is 15.6 Å². The van der Waals surface area contributed by atoms with E-state index in [-0.39, 0.29) is 5.91 Å². The van der Waals surface area contributed by atoms with Gasteiger partial charge in [-0.15, -0.1) is 0 Å². The molecule has 0 aliphatic rings. The van der Waals surface area contributed by atoms with Crippen molar-refractivity contribution in [2.24, 2.45) is 0 Å². The molecule has 6 nitrogen and oxygen atoms in total. The van der Waals surface area contributed by atoms with Crippen molar-refractivity contribution in [3.8, 4) is 0 Å². The van der Waals surface area contributed by atoms with Crippen LogP contribution in [0.15, 0.2) is 30.3 Å². The number of halogens is 3. The Labute approximate surface area is 168 Å². The number of thiazole rings is 1. The highest BCUT2D eigenvalue weighted by molar-refractivity contribution is 7.22. The maximum Gasteiger partial charge on any atom is 0.490 e. The summed E-state index contributed by atoms with van der Waals surface area (Å²) in [6.45, 7) is 6.05. The van der Waals surface area contributed by atoms with E-state index in [9.17, 15) is 18.0 Å². The van der Waals surface area contributed by atoms with Gasteiger partial charge < -0.3 is 16.2 Å². The number of rotatable bonds is 2. The van der Waals surface area contributed by atoms with E-state index in [0.29, 0.717) is 10.7 Å². The molecule has 0 bridgehead atoms. The average molecular weight is 425 g/mol. The van der Waals surface area contributed by atoms with Gasteiger partial charge in [-0.05, 0) is 50.1 Å². The minimum atomic E-state index is -5.08. The second kappa shape index (κ2) is 8.48. The second-order valence-corrected chi connectivity index (χ2v) is 7.33. The van der Waals surface area contributed by atoms with Crippen LogP contribution < -0.4 is 11.1 Å². The standard InChI is InChI=1S/C17H17N3OS.C2HF3O2/c1-9-6-10(2)15(11(3)7-9)20-16(21)12-4-5-13-14(8-12)22-17(18)19-13;3-2(4,5)1(6)7/h4-8H,1-3H3,(H2,18,19)(H,20,21);(H,6,7). The molecule has 2 aromatic carbocycles. The number of aliphatic carboxylic acids is 1. The molecule has 0 radical (unpaired) electrons. The first-order chi connectivity index (χ1) is 13.4. The molecule has 4 N–H and O–H groups in total. The van der Waals surface area contributed by atoms with Crippen LogP contribution in [0, 0.1) is 20.8 Å². The van der Waals surface area contributed by atoms with E-state index in [1.807, 2.05) is 32.9 Å². The van der Waals surface area contributed by atoms with Gasteiger partial charge >= 0.3 is 12.1 Å². The van der Waals surface area contributed by atoms with Gasteiger partial charge in [0.05, 0.1) is 10.2 Å². The highest BCUT2D eigenvalue weighted by atomic mass is 32.1. The molecule has 1 amide bonds. The summed E-state index contributed by atoms with van der Waals surface area (Å²) < 4.78 is 32.7. The van der Waals surface area contributed by atoms with Gasteiger partial charge in [0.25, 0.3) is 5.91 Å². The third kappa shape index (κ3) is 5.67. The van der Waals surface area contributed by atoms with E-state index in [1.165, 1.54) is 16.9 Å². The highest BCUT2D eigenvalue weighted by Gasteiger charge is 2.38. The topological polar surface area (TPSA) is 105 Å². The Balaban J connectivity index is 0.000000370. The Morgan fingerprint density at radius 1 is 1.10 bits per heavy atom. The lowest BCUT2D eigenvalue weighted by molar-refractivity contribution is -0.192. The van der Waals surface area contributed by atoms with Crippen molar-refractivity contribution in [1.29, 1.82) is 0 Å². The third-order valence-electron chi connectivity index (χ3n) is 3.83. The van der Waals surface area contributed by atoms with Gasteiger partial charge in [0.1, 0.15) is 0 Å². The molecule has 3 aromatic rings. The maximum absolute atomic E-state index is 12.5. The predicted octanol–water partition coefficient (Wildman–Crippen LogP) is 4.69. The van der Waals surface area contributed by atoms with E-state index in [0.717, 1.165) is 27.0 Å². The fraction of sp³-hybridized carbons (Fsp3) is 0.211. The summed E-state index contributed by atoms with van der Waals surface area (Å²) in [5.41, 5.74) is 11.3. The minimum Gasteiger partial charge on any atom is -0.475 e. The molecular formula is C19H18F3N3O3S. The lowest BCUT2D eigenvalue weighted by atomic mass is 10.0. The number of nitrogens with one attached hydrogen (secondary N) is 1. The first kappa shape index (κ1) is 22.2. The zero-order chi connectivity index (χ0) is 21.9. The number of aromatic nitrogens is 1. The normalized spacial score (nSPS) is 11.0. The van der Waals surface area contributed by atoms with Crippen LogP contribution in [0.1, 0.15) is 27.0 Å². The number of carbonyl (C=O) groups is 2. The van der Waals surface area contributed by atoms with Crippen LogP contribution in [0.25, 0.3) is 10.2 Å². The van der Waals surface area contributed by atoms with Gasteiger partial charge in [-0.3, -0.25) is 4.79 Å². The van der Waals surface area contributed by atoms with Crippen molar-refractivity contribution < 1.29 is 27.9 Å². The molecule has 0 unspecified atom stereocenters. The zero-order valence-electron chi connectivity index (χ0n) is 15.7. The number of fused-ring (bicyclic) bond motifs is 1. The van der Waals surface area contributed by atoms with Gasteiger partial charge in [0.2, 0.25) is 0 Å². The van der Waals surface area contributed by atoms with Gasteiger partial charge in [0, 0.05) is 11.3 Å². The molecule has 0 atom stereocenters. The van der Waals surface area contributed by atoms with Crippen molar-refractivity contribution in [3.05, 3.63) is 52.6 Å². The molecule has 0 saturated carbocycles. The average Bonchev–Trinajstić information content (AvgIpc) is 2.96. The van der Waals surface area contributed by atoms with Crippen molar-refractivity contribution in [2.45, 2.75) is 26.9 Å². The van der Waals surface area contributed by atoms with Crippen LogP contribution >= 0.6 is 11.3 Å². The van der Waals surface area contributed by atoms with Crippen LogP contribution in [-0.4, -0.2) is 28.1 Å². The number of carboxylic acid groups (broad SMARTS) is 1. The van der Waals surface area contributed by atoms with Crippen LogP contribution in [-0.2, 0) is 4.79 Å². The Bertz CT molecular complexity index is 1050. The molecule has 0 spiro atoms. The summed E-state index contributed by atoms with van der Waals surface area (Å²) in [4.78, 5) is 25.6. The number of aryl methyl sites for hydroxylation is 3. The smallest absolute Gasteiger partial charge is 0.475 e. The predicted molar refractivity (Wildman–Crippen MR) is 106 cm³/mol. The first-order valence-electron chi connectivity index (χ1n) is 8.24. The number of carbonyl (C=O) groups excluding carboxylic acids is 1. The Morgan fingerprint density at radius 2 is 1.66 bits per heavy atom. The number of nitrogens with two attached hydrogens (primary N) is 1. The molecule has 0 saturated heterocycles. The van der Waals surface area contributed by atoms with Crippen LogP contribution in [0.4, 0.5) is 24.0 Å². The number of amides is 1. The number of alkyl halides is 3. The summed E-state index contributed by atoms with van der Waals surface area (Å²) in [6, 6.07) is 9.56. The highest BCUT2D eigenvalue weighted by Crippen LogP contribution is 2.26. The van der Waals surface area contributed by atoms with Crippen LogP contribution in [0.2, 0.25) is 0 Å². The van der Waals surface area contributed by atoms with Crippen LogP contribution in [0.5, 0.6) is 0 Å². The van der Waals surface area contributed by atoms with E-state index in [1.54, 1.807) is 6.07 Å². The largest absolute Gasteiger partial charge is 0.490 e. The van der Waals surface area contributed by atoms with Crippen molar-refractivity contribution in [3.63, 3.8) is 0 Å². The van der Waals surface area contributed by atoms with Gasteiger partial charge in [0.15, 0.2) is 5.13 Å². The number of nitrogens with zero attached hydrogens (tertiary/aromatic N) is 1. The molecule has 1 heterocycles. The molecule has 0 fully saturated rings. The number of hydrogen-bond acceptors (Lipinski definition) is 5. The van der Waals surface area contributed by atoms with Crippen LogP contribution in [0.3, 0.4) is 0 Å². The minimum absolute atomic E-state index is 0.121. The van der Waals surface area contributed by atoms with Gasteiger partial charge in [-0.25, -0.2) is 9.78 Å². The van der Waals surface area contributed by atoms with Crippen molar-refractivity contribution in [2.75, 3.05) is 11.1 Å². The molecule has 29 heavy (non-hydrogen) atoms. The van der Waals surface area contributed by atoms with Crippen molar-refractivity contribution >= 4 is 44.2 Å². The quantitative estimate of drug-likeness (QED) is 0.552. The Morgan fingerprint density at radius 3 is 2.17 bits per heavy atom. The van der Waals surface area contributed by atoms with E-state index < -0.39 is 12.1 Å². The fourth-order valence-electron chi connectivity index (χ4n) is 2.65. The number of hydrogen-bond donors (Lipinski definition) is 3. The number of benzene rings is 2. The summed E-state index contributed by atoms with van der Waals surface area (Å²) in [5, 5.41) is 10.6. The molecule has 154 valence electrons. The molecule has 10 heteroatoms. The first-order valence-corrected chi connectivity index (χ1v) is 9.05. The Hall–Kier alpha value is -3.14. The number of nitrogen functional groups attached to an aromatic ring is 1. The van der Waals surface area contributed by atoms with Gasteiger partial charge in [-0.1, -0.05) is 29.0 Å². The number of anilines is 2. The fourth-order valence-corrected chi connectivity index (χ4v) is 3.42.